The molecule has 0 saturated heterocycles. The Morgan fingerprint density at radius 1 is 1.20 bits per heavy atom. The van der Waals surface area contributed by atoms with Crippen molar-refractivity contribution in [1.29, 1.82) is 0 Å². The molecule has 6 nitrogen and oxygen atoms in total. The summed E-state index contributed by atoms with van der Waals surface area (Å²) in [6, 6.07) is 11.3. The van der Waals surface area contributed by atoms with Crippen molar-refractivity contribution < 1.29 is 17.9 Å². The molecule has 25 heavy (non-hydrogen) atoms. The van der Waals surface area contributed by atoms with Crippen molar-refractivity contribution in [3.8, 4) is 5.75 Å². The van der Waals surface area contributed by atoms with E-state index >= 15 is 0 Å². The number of carbonyl (C=O) groups is 1. The third kappa shape index (κ3) is 3.64. The van der Waals surface area contributed by atoms with Gasteiger partial charge >= 0.3 is 0 Å². The lowest BCUT2D eigenvalue weighted by molar-refractivity contribution is -0.124. The molecule has 8 heteroatoms. The Bertz CT molecular complexity index is 941. The van der Waals surface area contributed by atoms with Crippen molar-refractivity contribution >= 4 is 43.2 Å². The average Bonchev–Trinajstić information content (AvgIpc) is 2.64. The second kappa shape index (κ2) is 6.34. The van der Waals surface area contributed by atoms with Crippen LogP contribution in [0, 0.1) is 5.41 Å². The molecule has 0 aliphatic carbocycles. The number of benzene rings is 2. The van der Waals surface area contributed by atoms with Gasteiger partial charge in [0, 0.05) is 10.5 Å². The smallest absolute Gasteiger partial charge is 0.263 e. The molecule has 1 aliphatic heterocycles. The summed E-state index contributed by atoms with van der Waals surface area (Å²) in [4.78, 5) is 12.3. The number of amides is 1. The first-order valence-electron chi connectivity index (χ1n) is 7.55. The van der Waals surface area contributed by atoms with Gasteiger partial charge in [-0.05, 0) is 54.0 Å². The topological polar surface area (TPSA) is 84.5 Å². The van der Waals surface area contributed by atoms with Crippen molar-refractivity contribution in [3.63, 3.8) is 0 Å². The van der Waals surface area contributed by atoms with E-state index in [1.54, 1.807) is 50.2 Å². The van der Waals surface area contributed by atoms with E-state index in [1.807, 2.05) is 0 Å². The maximum Gasteiger partial charge on any atom is 0.263 e. The summed E-state index contributed by atoms with van der Waals surface area (Å²) in [5.74, 6) is 0.277. The molecule has 0 fully saturated rings. The summed E-state index contributed by atoms with van der Waals surface area (Å²) >= 11 is 3.24. The first-order valence-corrected chi connectivity index (χ1v) is 9.82. The van der Waals surface area contributed by atoms with Crippen LogP contribution in [-0.4, -0.2) is 20.9 Å². The average molecular weight is 425 g/mol. The van der Waals surface area contributed by atoms with Crippen LogP contribution in [0.15, 0.2) is 51.8 Å². The maximum atomic E-state index is 12.6. The molecule has 3 rings (SSSR count). The van der Waals surface area contributed by atoms with Crippen molar-refractivity contribution in [3.05, 3.63) is 46.9 Å². The summed E-state index contributed by atoms with van der Waals surface area (Å²) in [5, 5.41) is 2.79. The lowest BCUT2D eigenvalue weighted by Gasteiger charge is -2.18. The van der Waals surface area contributed by atoms with Gasteiger partial charge in [-0.3, -0.25) is 9.52 Å². The van der Waals surface area contributed by atoms with Crippen LogP contribution in [0.1, 0.15) is 13.8 Å². The molecular formula is C17H17BrN2O4S. The zero-order chi connectivity index (χ0) is 18.2. The number of fused-ring (bicyclic) bond motifs is 1. The van der Waals surface area contributed by atoms with Gasteiger partial charge in [0.1, 0.15) is 17.3 Å². The first kappa shape index (κ1) is 17.8. The molecule has 2 aromatic carbocycles. The minimum absolute atomic E-state index is 0.139. The monoisotopic (exact) mass is 424 g/mol. The van der Waals surface area contributed by atoms with Crippen molar-refractivity contribution in [2.45, 2.75) is 18.7 Å². The number of hydrogen-bond donors (Lipinski definition) is 2. The predicted octanol–water partition coefficient (Wildman–Crippen LogP) is 3.61. The normalized spacial score (nSPS) is 16.2. The number of rotatable bonds is 3. The zero-order valence-electron chi connectivity index (χ0n) is 13.7. The van der Waals surface area contributed by atoms with Crippen molar-refractivity contribution in [2.75, 3.05) is 16.6 Å². The van der Waals surface area contributed by atoms with Gasteiger partial charge in [0.2, 0.25) is 5.91 Å². The lowest BCUT2D eigenvalue weighted by Crippen LogP contribution is -2.33. The minimum atomic E-state index is -3.75. The molecule has 2 aromatic rings. The number of hydrogen-bond acceptors (Lipinski definition) is 4. The van der Waals surface area contributed by atoms with E-state index in [0.717, 1.165) is 0 Å². The van der Waals surface area contributed by atoms with Gasteiger partial charge in [-0.2, -0.15) is 0 Å². The Balaban J connectivity index is 1.90. The molecule has 0 radical (unpaired) electrons. The van der Waals surface area contributed by atoms with Crippen LogP contribution in [-0.2, 0) is 14.8 Å². The van der Waals surface area contributed by atoms with Gasteiger partial charge in [-0.1, -0.05) is 12.1 Å². The van der Waals surface area contributed by atoms with Crippen LogP contribution in [0.5, 0.6) is 5.75 Å². The molecule has 0 spiro atoms. The van der Waals surface area contributed by atoms with Gasteiger partial charge < -0.3 is 10.1 Å². The van der Waals surface area contributed by atoms with Crippen LogP contribution in [0.4, 0.5) is 11.4 Å². The van der Waals surface area contributed by atoms with Gasteiger partial charge in [-0.25, -0.2) is 8.42 Å². The van der Waals surface area contributed by atoms with E-state index in [4.69, 9.17) is 4.74 Å². The van der Waals surface area contributed by atoms with Gasteiger partial charge in [0.15, 0.2) is 0 Å². The molecule has 0 aromatic heterocycles. The van der Waals surface area contributed by atoms with E-state index in [0.29, 0.717) is 21.6 Å². The molecule has 1 heterocycles. The predicted molar refractivity (Wildman–Crippen MR) is 99.3 cm³/mol. The maximum absolute atomic E-state index is 12.6. The fourth-order valence-electron chi connectivity index (χ4n) is 2.30. The van der Waals surface area contributed by atoms with E-state index in [1.165, 1.54) is 6.07 Å². The SMILES string of the molecule is CC1(C)COc2cc(NS(=O)(=O)c3ccccc3Br)ccc2NC1=O. The first-order chi connectivity index (χ1) is 11.7. The number of anilines is 2. The Morgan fingerprint density at radius 2 is 1.92 bits per heavy atom. The Kier molecular flexibility index (Phi) is 4.51. The fourth-order valence-corrected chi connectivity index (χ4v) is 4.35. The van der Waals surface area contributed by atoms with Gasteiger partial charge in [0.05, 0.1) is 16.8 Å². The molecule has 132 valence electrons. The van der Waals surface area contributed by atoms with Crippen LogP contribution < -0.4 is 14.8 Å². The minimum Gasteiger partial charge on any atom is -0.490 e. The molecule has 0 saturated carbocycles. The van der Waals surface area contributed by atoms with E-state index < -0.39 is 15.4 Å². The van der Waals surface area contributed by atoms with Crippen molar-refractivity contribution in [1.82, 2.24) is 0 Å². The highest BCUT2D eigenvalue weighted by atomic mass is 79.9. The molecule has 1 amide bonds. The fraction of sp³-hybridized carbons (Fsp3) is 0.235. The quantitative estimate of drug-likeness (QED) is 0.787. The van der Waals surface area contributed by atoms with E-state index in [-0.39, 0.29) is 17.4 Å². The lowest BCUT2D eigenvalue weighted by atomic mass is 9.94. The van der Waals surface area contributed by atoms with Crippen molar-refractivity contribution in [2.24, 2.45) is 5.41 Å². The summed E-state index contributed by atoms with van der Waals surface area (Å²) in [5.41, 5.74) is 0.191. The molecule has 1 aliphatic rings. The number of carbonyl (C=O) groups excluding carboxylic acids is 1. The highest BCUT2D eigenvalue weighted by Gasteiger charge is 2.32. The summed E-state index contributed by atoms with van der Waals surface area (Å²) < 4.78 is 33.8. The summed E-state index contributed by atoms with van der Waals surface area (Å²) in [6.07, 6.45) is 0. The molecular weight excluding hydrogens is 408 g/mol. The number of ether oxygens (including phenoxy) is 1. The van der Waals surface area contributed by atoms with Crippen LogP contribution >= 0.6 is 15.9 Å². The molecule has 0 unspecified atom stereocenters. The Labute approximate surface area is 154 Å². The third-order valence-corrected chi connectivity index (χ3v) is 6.20. The molecule has 0 bridgehead atoms. The zero-order valence-corrected chi connectivity index (χ0v) is 16.1. The highest BCUT2D eigenvalue weighted by molar-refractivity contribution is 9.10. The second-order valence-corrected chi connectivity index (χ2v) is 8.88. The third-order valence-electron chi connectivity index (χ3n) is 3.81. The summed E-state index contributed by atoms with van der Waals surface area (Å²) in [6.45, 7) is 3.77. The van der Waals surface area contributed by atoms with E-state index in [2.05, 4.69) is 26.0 Å². The molecule has 0 atom stereocenters. The summed E-state index contributed by atoms with van der Waals surface area (Å²) in [7, 11) is -3.75. The second-order valence-electron chi connectivity index (χ2n) is 6.37. The van der Waals surface area contributed by atoms with Gasteiger partial charge in [-0.15, -0.1) is 0 Å². The van der Waals surface area contributed by atoms with Crippen LogP contribution in [0.2, 0.25) is 0 Å². The van der Waals surface area contributed by atoms with E-state index in [9.17, 15) is 13.2 Å². The number of sulfonamides is 1. The molecule has 2 N–H and O–H groups in total. The number of halogens is 1. The Hall–Kier alpha value is -2.06. The largest absolute Gasteiger partial charge is 0.490 e. The standard InChI is InChI=1S/C17H17BrN2O4S/c1-17(2)10-24-14-9-11(7-8-13(14)19-16(17)21)20-25(22,23)15-6-4-3-5-12(15)18/h3-9,20H,10H2,1-2H3,(H,19,21). The number of nitrogens with one attached hydrogen (secondary N) is 2. The Morgan fingerprint density at radius 3 is 2.64 bits per heavy atom. The van der Waals surface area contributed by atoms with Crippen LogP contribution in [0.25, 0.3) is 0 Å². The highest BCUT2D eigenvalue weighted by Crippen LogP contribution is 2.35. The van der Waals surface area contributed by atoms with Gasteiger partial charge in [0.25, 0.3) is 10.0 Å². The van der Waals surface area contributed by atoms with Crippen LogP contribution in [0.3, 0.4) is 0 Å².